The highest BCUT2D eigenvalue weighted by Gasteiger charge is 2.02. The number of hydrogen-bond donors (Lipinski definition) is 0. The van der Waals surface area contributed by atoms with Gasteiger partial charge in [-0.1, -0.05) is 0 Å². The first kappa shape index (κ1) is 10.6. The van der Waals surface area contributed by atoms with Gasteiger partial charge >= 0.3 is 0 Å². The Balaban J connectivity index is 2.40. The Bertz CT molecular complexity index is 266. The molecule has 1 aromatic heterocycles. The molecular formula is C10H17ClN2. The molecule has 1 rings (SSSR count). The Kier molecular flexibility index (Phi) is 3.79. The predicted octanol–water partition coefficient (Wildman–Crippen LogP) is 2.68. The molecule has 0 saturated heterocycles. The maximum atomic E-state index is 5.87. The lowest BCUT2D eigenvalue weighted by Gasteiger charge is -2.02. The number of rotatable bonds is 4. The van der Waals surface area contributed by atoms with Crippen molar-refractivity contribution < 1.29 is 0 Å². The molecule has 1 heterocycles. The van der Waals surface area contributed by atoms with E-state index in [2.05, 4.69) is 11.2 Å². The largest absolute Gasteiger partial charge is 0.272 e. The van der Waals surface area contributed by atoms with Gasteiger partial charge in [-0.05, 0) is 39.2 Å². The van der Waals surface area contributed by atoms with E-state index in [1.54, 1.807) is 0 Å². The summed E-state index contributed by atoms with van der Waals surface area (Å²) in [4.78, 5) is 0. The Labute approximate surface area is 84.9 Å². The fourth-order valence-electron chi connectivity index (χ4n) is 1.46. The van der Waals surface area contributed by atoms with Crippen LogP contribution in [0.1, 0.15) is 31.2 Å². The van der Waals surface area contributed by atoms with E-state index in [9.17, 15) is 0 Å². The second kappa shape index (κ2) is 4.66. The molecule has 2 nitrogen and oxygen atoms in total. The van der Waals surface area contributed by atoms with E-state index < -0.39 is 0 Å². The van der Waals surface area contributed by atoms with Gasteiger partial charge in [0.2, 0.25) is 0 Å². The second-order valence-electron chi connectivity index (χ2n) is 3.57. The lowest BCUT2D eigenvalue weighted by molar-refractivity contribution is 0.653. The summed E-state index contributed by atoms with van der Waals surface area (Å²) in [5.41, 5.74) is 2.39. The summed E-state index contributed by atoms with van der Waals surface area (Å²) >= 11 is 5.87. The highest BCUT2D eigenvalue weighted by molar-refractivity contribution is 6.20. The quantitative estimate of drug-likeness (QED) is 0.684. The molecule has 1 atom stereocenters. The molecule has 74 valence electrons. The second-order valence-corrected chi connectivity index (χ2v) is 4.32. The first-order chi connectivity index (χ1) is 6.09. The van der Waals surface area contributed by atoms with Gasteiger partial charge in [-0.3, -0.25) is 4.68 Å². The molecule has 1 unspecified atom stereocenters. The fourth-order valence-corrected chi connectivity index (χ4v) is 1.62. The molecule has 0 aliphatic carbocycles. The van der Waals surface area contributed by atoms with Gasteiger partial charge in [0.1, 0.15) is 0 Å². The zero-order chi connectivity index (χ0) is 9.84. The standard InChI is InChI=1S/C10H17ClN2/c1-8(11)5-4-6-10-7-9(2)12-13(10)3/h7-8H,4-6H2,1-3H3. The van der Waals surface area contributed by atoms with Gasteiger partial charge < -0.3 is 0 Å². The molecule has 0 amide bonds. The van der Waals surface area contributed by atoms with Crippen molar-refractivity contribution in [1.82, 2.24) is 9.78 Å². The maximum Gasteiger partial charge on any atom is 0.0596 e. The van der Waals surface area contributed by atoms with E-state index in [0.717, 1.165) is 25.0 Å². The molecule has 0 N–H and O–H groups in total. The lowest BCUT2D eigenvalue weighted by Crippen LogP contribution is -1.99. The van der Waals surface area contributed by atoms with Crippen LogP contribution in [-0.2, 0) is 13.5 Å². The average Bonchev–Trinajstić information content (AvgIpc) is 2.29. The Morgan fingerprint density at radius 2 is 2.31 bits per heavy atom. The third kappa shape index (κ3) is 3.39. The summed E-state index contributed by atoms with van der Waals surface area (Å²) in [6.45, 7) is 4.06. The lowest BCUT2D eigenvalue weighted by atomic mass is 10.1. The van der Waals surface area contributed by atoms with Crippen molar-refractivity contribution in [2.24, 2.45) is 7.05 Å². The maximum absolute atomic E-state index is 5.87. The van der Waals surface area contributed by atoms with Crippen LogP contribution in [0.15, 0.2) is 6.07 Å². The highest BCUT2D eigenvalue weighted by atomic mass is 35.5. The van der Waals surface area contributed by atoms with Crippen LogP contribution in [0.2, 0.25) is 0 Å². The number of hydrogen-bond acceptors (Lipinski definition) is 1. The van der Waals surface area contributed by atoms with Crippen LogP contribution in [0.25, 0.3) is 0 Å². The van der Waals surface area contributed by atoms with Crippen molar-refractivity contribution in [2.45, 2.75) is 38.5 Å². The van der Waals surface area contributed by atoms with Crippen molar-refractivity contribution in [1.29, 1.82) is 0 Å². The first-order valence-electron chi connectivity index (χ1n) is 4.73. The van der Waals surface area contributed by atoms with E-state index in [0.29, 0.717) is 0 Å². The van der Waals surface area contributed by atoms with Gasteiger partial charge in [-0.15, -0.1) is 11.6 Å². The van der Waals surface area contributed by atoms with E-state index >= 15 is 0 Å². The fraction of sp³-hybridized carbons (Fsp3) is 0.700. The predicted molar refractivity (Wildman–Crippen MR) is 56.2 cm³/mol. The molecule has 0 fully saturated rings. The Morgan fingerprint density at radius 3 is 2.77 bits per heavy atom. The Morgan fingerprint density at radius 1 is 1.62 bits per heavy atom. The van der Waals surface area contributed by atoms with Gasteiger partial charge in [0.05, 0.1) is 5.69 Å². The summed E-state index contributed by atoms with van der Waals surface area (Å²) in [5.74, 6) is 0. The Hall–Kier alpha value is -0.500. The minimum Gasteiger partial charge on any atom is -0.272 e. The van der Waals surface area contributed by atoms with Crippen LogP contribution < -0.4 is 0 Å². The van der Waals surface area contributed by atoms with Crippen LogP contribution in [0.4, 0.5) is 0 Å². The number of aryl methyl sites for hydroxylation is 3. The summed E-state index contributed by atoms with van der Waals surface area (Å²) < 4.78 is 1.95. The summed E-state index contributed by atoms with van der Waals surface area (Å²) in [7, 11) is 1.99. The minimum absolute atomic E-state index is 0.286. The highest BCUT2D eigenvalue weighted by Crippen LogP contribution is 2.10. The topological polar surface area (TPSA) is 17.8 Å². The molecule has 0 spiro atoms. The van der Waals surface area contributed by atoms with E-state index in [1.807, 2.05) is 25.6 Å². The third-order valence-electron chi connectivity index (χ3n) is 2.13. The molecule has 0 aliphatic rings. The smallest absolute Gasteiger partial charge is 0.0596 e. The van der Waals surface area contributed by atoms with Crippen molar-refractivity contribution >= 4 is 11.6 Å². The third-order valence-corrected chi connectivity index (χ3v) is 2.35. The number of alkyl halides is 1. The van der Waals surface area contributed by atoms with Crippen LogP contribution >= 0.6 is 11.6 Å². The average molecular weight is 201 g/mol. The molecule has 3 heteroatoms. The van der Waals surface area contributed by atoms with E-state index in [-0.39, 0.29) is 5.38 Å². The van der Waals surface area contributed by atoms with Crippen LogP contribution in [0.5, 0.6) is 0 Å². The van der Waals surface area contributed by atoms with Gasteiger partial charge in [0.15, 0.2) is 0 Å². The molecule has 0 aromatic carbocycles. The molecule has 0 aliphatic heterocycles. The van der Waals surface area contributed by atoms with E-state index in [1.165, 1.54) is 5.69 Å². The van der Waals surface area contributed by atoms with Crippen molar-refractivity contribution in [3.8, 4) is 0 Å². The molecule has 1 aromatic rings. The monoisotopic (exact) mass is 200 g/mol. The SMILES string of the molecule is Cc1cc(CCCC(C)Cl)n(C)n1. The molecule has 0 bridgehead atoms. The number of halogens is 1. The summed E-state index contributed by atoms with van der Waals surface area (Å²) in [5, 5.41) is 4.58. The van der Waals surface area contributed by atoms with Gasteiger partial charge in [-0.25, -0.2) is 0 Å². The molecule has 0 radical (unpaired) electrons. The van der Waals surface area contributed by atoms with Crippen LogP contribution in [-0.4, -0.2) is 15.2 Å². The van der Waals surface area contributed by atoms with Gasteiger partial charge in [0.25, 0.3) is 0 Å². The van der Waals surface area contributed by atoms with Crippen molar-refractivity contribution in [3.05, 3.63) is 17.5 Å². The van der Waals surface area contributed by atoms with Gasteiger partial charge in [0, 0.05) is 18.1 Å². The zero-order valence-electron chi connectivity index (χ0n) is 8.55. The van der Waals surface area contributed by atoms with Crippen LogP contribution in [0, 0.1) is 6.92 Å². The van der Waals surface area contributed by atoms with Crippen LogP contribution in [0.3, 0.4) is 0 Å². The van der Waals surface area contributed by atoms with Crippen molar-refractivity contribution in [3.63, 3.8) is 0 Å². The molecule has 13 heavy (non-hydrogen) atoms. The van der Waals surface area contributed by atoms with E-state index in [4.69, 9.17) is 11.6 Å². The van der Waals surface area contributed by atoms with Crippen molar-refractivity contribution in [2.75, 3.05) is 0 Å². The zero-order valence-corrected chi connectivity index (χ0v) is 9.30. The normalized spacial score (nSPS) is 13.2. The first-order valence-corrected chi connectivity index (χ1v) is 5.17. The molecular weight excluding hydrogens is 184 g/mol. The minimum atomic E-state index is 0.286. The van der Waals surface area contributed by atoms with Gasteiger partial charge in [-0.2, -0.15) is 5.10 Å². The summed E-state index contributed by atoms with van der Waals surface area (Å²) in [6.07, 6.45) is 3.30. The molecule has 0 saturated carbocycles. The number of aromatic nitrogens is 2. The number of nitrogens with zero attached hydrogens (tertiary/aromatic N) is 2. The summed E-state index contributed by atoms with van der Waals surface area (Å²) in [6, 6.07) is 2.14.